The number of hydrogen-bond donors (Lipinski definition) is 2. The van der Waals surface area contributed by atoms with Crippen LogP contribution in [0.5, 0.6) is 5.75 Å². The number of pyridine rings is 1. The van der Waals surface area contributed by atoms with E-state index >= 15 is 0 Å². The van der Waals surface area contributed by atoms with Crippen LogP contribution in [0.4, 0.5) is 13.2 Å². The number of methoxy groups -OCH3 is 1. The number of aromatic nitrogens is 1. The molecule has 4 rings (SSSR count). The maximum Gasteiger partial charge on any atom is 0.274 e. The fourth-order valence-corrected chi connectivity index (χ4v) is 4.60. The van der Waals surface area contributed by atoms with Crippen molar-refractivity contribution < 1.29 is 32.6 Å². The van der Waals surface area contributed by atoms with Gasteiger partial charge in [0.25, 0.3) is 11.8 Å². The highest BCUT2D eigenvalue weighted by Crippen LogP contribution is 2.36. The van der Waals surface area contributed by atoms with Crippen molar-refractivity contribution in [3.05, 3.63) is 62.6 Å². The number of rotatable bonds is 4. The fourth-order valence-electron chi connectivity index (χ4n) is 4.60. The minimum absolute atomic E-state index is 0.0358. The molecular formula is C23H24F3N3O5. The maximum absolute atomic E-state index is 14.7. The molecule has 1 saturated heterocycles. The van der Waals surface area contributed by atoms with Gasteiger partial charge in [-0.1, -0.05) is 0 Å². The average Bonchev–Trinajstić information content (AvgIpc) is 2.88. The van der Waals surface area contributed by atoms with E-state index in [0.717, 1.165) is 18.3 Å². The van der Waals surface area contributed by atoms with E-state index in [2.05, 4.69) is 5.32 Å². The topological polar surface area (TPSA) is 101 Å². The monoisotopic (exact) mass is 479 g/mol. The van der Waals surface area contributed by atoms with Crippen molar-refractivity contribution in [1.82, 2.24) is 14.8 Å². The van der Waals surface area contributed by atoms with E-state index in [1.807, 2.05) is 0 Å². The van der Waals surface area contributed by atoms with Gasteiger partial charge in [-0.25, -0.2) is 13.2 Å². The predicted octanol–water partition coefficient (Wildman–Crippen LogP) is 2.21. The Morgan fingerprint density at radius 2 is 1.91 bits per heavy atom. The summed E-state index contributed by atoms with van der Waals surface area (Å²) >= 11 is 0. The van der Waals surface area contributed by atoms with Gasteiger partial charge in [0.1, 0.15) is 23.4 Å². The quantitative estimate of drug-likeness (QED) is 0.701. The molecule has 0 unspecified atom stereocenters. The van der Waals surface area contributed by atoms with Gasteiger partial charge in [0.2, 0.25) is 5.43 Å². The Balaban J connectivity index is 1.73. The molecule has 182 valence electrons. The summed E-state index contributed by atoms with van der Waals surface area (Å²) in [6, 6.07) is 0.738. The molecule has 8 nitrogen and oxygen atoms in total. The summed E-state index contributed by atoms with van der Waals surface area (Å²) in [7, 11) is 1.38. The molecule has 2 aliphatic heterocycles. The van der Waals surface area contributed by atoms with Crippen LogP contribution in [-0.2, 0) is 11.3 Å². The molecule has 1 aromatic heterocycles. The lowest BCUT2D eigenvalue weighted by atomic mass is 10.0. The van der Waals surface area contributed by atoms with Gasteiger partial charge in [0.15, 0.2) is 11.4 Å². The Hall–Kier alpha value is -3.34. The lowest BCUT2D eigenvalue weighted by Gasteiger charge is -2.38. The second kappa shape index (κ2) is 8.79. The van der Waals surface area contributed by atoms with Gasteiger partial charge in [-0.05, 0) is 31.5 Å². The summed E-state index contributed by atoms with van der Waals surface area (Å²) in [6.45, 7) is 2.56. The number of aromatic hydroxyl groups is 1. The van der Waals surface area contributed by atoms with Crippen molar-refractivity contribution in [2.24, 2.45) is 0 Å². The van der Waals surface area contributed by atoms with Gasteiger partial charge in [-0.3, -0.25) is 14.4 Å². The van der Waals surface area contributed by atoms with Crippen LogP contribution in [0.15, 0.2) is 23.1 Å². The third-order valence-corrected chi connectivity index (χ3v) is 6.58. The van der Waals surface area contributed by atoms with Gasteiger partial charge in [-0.15, -0.1) is 0 Å². The van der Waals surface area contributed by atoms with E-state index in [9.17, 15) is 32.7 Å². The van der Waals surface area contributed by atoms with Gasteiger partial charge >= 0.3 is 0 Å². The number of amides is 2. The molecule has 2 bridgehead atoms. The lowest BCUT2D eigenvalue weighted by Crippen LogP contribution is -2.50. The molecule has 0 aliphatic carbocycles. The van der Waals surface area contributed by atoms with Crippen LogP contribution in [0.1, 0.15) is 51.4 Å². The molecule has 0 saturated carbocycles. The Morgan fingerprint density at radius 1 is 1.26 bits per heavy atom. The second-order valence-electron chi connectivity index (χ2n) is 8.66. The molecular weight excluding hydrogens is 455 g/mol. The van der Waals surface area contributed by atoms with E-state index in [0.29, 0.717) is 5.56 Å². The van der Waals surface area contributed by atoms with Crippen molar-refractivity contribution in [1.29, 1.82) is 0 Å². The summed E-state index contributed by atoms with van der Waals surface area (Å²) < 4.78 is 49.6. The first-order valence-corrected chi connectivity index (χ1v) is 10.7. The molecule has 2 N–H and O–H groups in total. The van der Waals surface area contributed by atoms with Gasteiger partial charge < -0.3 is 24.6 Å². The number of ether oxygens (including phenoxy) is 1. The summed E-state index contributed by atoms with van der Waals surface area (Å²) in [4.78, 5) is 39.8. The lowest BCUT2D eigenvalue weighted by molar-refractivity contribution is 0.0314. The SMILES string of the molecule is CO[C@H]1C[C@@H](F)[C@H](C)N2C[C@H]1n1cc(C(=O)NCc3c(F)cc(C)cc3F)c(=O)c(O)c1C2=O. The minimum atomic E-state index is -1.40. The molecule has 2 aliphatic rings. The Bertz CT molecular complexity index is 1210. The standard InChI is InChI=1S/C23H24F3N3O5/c1-10-4-15(25)12(16(26)5-10)7-27-22(32)13-8-29-17-9-28(11(2)14(24)6-18(17)34-3)23(33)19(29)21(31)20(13)30/h4-5,8,11,14,17-18,31H,6-7,9H2,1-3H3,(H,27,32)/t11-,14+,17+,18-/m0/s1. The van der Waals surface area contributed by atoms with Crippen molar-refractivity contribution in [3.8, 4) is 5.75 Å². The molecule has 0 radical (unpaired) electrons. The van der Waals surface area contributed by atoms with Crippen LogP contribution in [-0.4, -0.2) is 58.4 Å². The number of carbonyl (C=O) groups is 2. The van der Waals surface area contributed by atoms with Crippen LogP contribution in [0.2, 0.25) is 0 Å². The number of alkyl halides is 1. The molecule has 1 aromatic carbocycles. The molecule has 4 atom stereocenters. The Morgan fingerprint density at radius 3 is 2.53 bits per heavy atom. The number of hydrogen-bond acceptors (Lipinski definition) is 5. The van der Waals surface area contributed by atoms with E-state index in [1.54, 1.807) is 0 Å². The number of carbonyl (C=O) groups excluding carboxylic acids is 2. The smallest absolute Gasteiger partial charge is 0.274 e. The Labute approximate surface area is 192 Å². The zero-order valence-electron chi connectivity index (χ0n) is 18.8. The van der Waals surface area contributed by atoms with E-state index < -0.39 is 76.7 Å². The molecule has 3 heterocycles. The highest BCUT2D eigenvalue weighted by molar-refractivity contribution is 5.99. The summed E-state index contributed by atoms with van der Waals surface area (Å²) in [5.41, 5.74) is -2.04. The zero-order valence-corrected chi connectivity index (χ0v) is 18.8. The fraction of sp³-hybridized carbons (Fsp3) is 0.435. The van der Waals surface area contributed by atoms with Crippen molar-refractivity contribution in [3.63, 3.8) is 0 Å². The van der Waals surface area contributed by atoms with Crippen molar-refractivity contribution >= 4 is 11.8 Å². The largest absolute Gasteiger partial charge is 0.503 e. The third kappa shape index (κ3) is 3.83. The first kappa shape index (κ1) is 23.8. The zero-order chi connectivity index (χ0) is 24.9. The van der Waals surface area contributed by atoms with Crippen LogP contribution < -0.4 is 10.7 Å². The number of halogens is 3. The van der Waals surface area contributed by atoms with E-state index in [1.165, 1.54) is 30.4 Å². The van der Waals surface area contributed by atoms with Crippen molar-refractivity contribution in [2.45, 2.75) is 51.2 Å². The maximum atomic E-state index is 14.7. The van der Waals surface area contributed by atoms with Crippen LogP contribution in [0, 0.1) is 18.6 Å². The minimum Gasteiger partial charge on any atom is -0.503 e. The summed E-state index contributed by atoms with van der Waals surface area (Å²) in [5, 5.41) is 12.9. The van der Waals surface area contributed by atoms with Crippen LogP contribution in [0.25, 0.3) is 0 Å². The first-order chi connectivity index (χ1) is 16.0. The second-order valence-corrected chi connectivity index (χ2v) is 8.66. The highest BCUT2D eigenvalue weighted by atomic mass is 19.1. The average molecular weight is 479 g/mol. The number of aryl methyl sites for hydroxylation is 1. The first-order valence-electron chi connectivity index (χ1n) is 10.7. The highest BCUT2D eigenvalue weighted by Gasteiger charge is 2.46. The Kier molecular flexibility index (Phi) is 6.15. The number of fused-ring (bicyclic) bond motifs is 4. The summed E-state index contributed by atoms with van der Waals surface area (Å²) in [5.74, 6) is -4.41. The molecule has 2 aromatic rings. The molecule has 0 spiro atoms. The van der Waals surface area contributed by atoms with Crippen LogP contribution >= 0.6 is 0 Å². The molecule has 1 fully saturated rings. The van der Waals surface area contributed by atoms with E-state index in [-0.39, 0.29) is 18.7 Å². The molecule has 2 amide bonds. The number of benzene rings is 1. The van der Waals surface area contributed by atoms with Crippen LogP contribution in [0.3, 0.4) is 0 Å². The van der Waals surface area contributed by atoms with Gasteiger partial charge in [0, 0.05) is 38.4 Å². The number of nitrogens with zero attached hydrogens (tertiary/aromatic N) is 2. The predicted molar refractivity (Wildman–Crippen MR) is 114 cm³/mol. The summed E-state index contributed by atoms with van der Waals surface area (Å²) in [6.07, 6.45) is -1.04. The van der Waals surface area contributed by atoms with Crippen molar-refractivity contribution in [2.75, 3.05) is 13.7 Å². The van der Waals surface area contributed by atoms with Gasteiger partial charge in [0.05, 0.1) is 18.2 Å². The third-order valence-electron chi connectivity index (χ3n) is 6.58. The molecule has 11 heteroatoms. The van der Waals surface area contributed by atoms with Gasteiger partial charge in [-0.2, -0.15) is 0 Å². The molecule has 34 heavy (non-hydrogen) atoms. The normalized spacial score (nSPS) is 23.9. The number of nitrogens with one attached hydrogen (secondary N) is 1. The van der Waals surface area contributed by atoms with E-state index in [4.69, 9.17) is 4.74 Å².